The highest BCUT2D eigenvalue weighted by molar-refractivity contribution is 14.1. The number of halogens is 3. The van der Waals surface area contributed by atoms with E-state index in [1.54, 1.807) is 12.1 Å². The Hall–Kier alpha value is -0.590. The average molecular weight is 408 g/mol. The SMILES string of the molecule is CCNc1nc(-c2ccc(Cl)c(Cl)c2)nc(C)c1I. The van der Waals surface area contributed by atoms with Crippen LogP contribution in [0.4, 0.5) is 5.82 Å². The second kappa shape index (κ2) is 6.24. The number of aromatic nitrogens is 2. The van der Waals surface area contributed by atoms with Crippen molar-refractivity contribution in [1.29, 1.82) is 0 Å². The number of nitrogens with zero attached hydrogens (tertiary/aromatic N) is 2. The Morgan fingerprint density at radius 2 is 1.95 bits per heavy atom. The van der Waals surface area contributed by atoms with Crippen LogP contribution in [0.3, 0.4) is 0 Å². The van der Waals surface area contributed by atoms with Crippen molar-refractivity contribution < 1.29 is 0 Å². The molecule has 6 heteroatoms. The molecular formula is C13H12Cl2IN3. The Morgan fingerprint density at radius 3 is 2.58 bits per heavy atom. The van der Waals surface area contributed by atoms with Gasteiger partial charge in [-0.15, -0.1) is 0 Å². The molecule has 0 spiro atoms. The largest absolute Gasteiger partial charge is 0.369 e. The van der Waals surface area contributed by atoms with Gasteiger partial charge in [-0.2, -0.15) is 0 Å². The van der Waals surface area contributed by atoms with Gasteiger partial charge in [-0.25, -0.2) is 9.97 Å². The highest BCUT2D eigenvalue weighted by Gasteiger charge is 2.11. The lowest BCUT2D eigenvalue weighted by atomic mass is 10.2. The Morgan fingerprint density at radius 1 is 1.21 bits per heavy atom. The molecular weight excluding hydrogens is 396 g/mol. The second-order valence-corrected chi connectivity index (χ2v) is 5.85. The summed E-state index contributed by atoms with van der Waals surface area (Å²) in [6.07, 6.45) is 0. The van der Waals surface area contributed by atoms with E-state index in [0.29, 0.717) is 15.9 Å². The van der Waals surface area contributed by atoms with Gasteiger partial charge in [0, 0.05) is 12.1 Å². The van der Waals surface area contributed by atoms with Crippen LogP contribution in [0.25, 0.3) is 11.4 Å². The first-order chi connectivity index (χ1) is 9.02. The Balaban J connectivity index is 2.52. The van der Waals surface area contributed by atoms with Gasteiger partial charge in [0.2, 0.25) is 0 Å². The summed E-state index contributed by atoms with van der Waals surface area (Å²) in [5, 5.41) is 4.27. The molecule has 0 aliphatic rings. The molecule has 0 saturated heterocycles. The summed E-state index contributed by atoms with van der Waals surface area (Å²) in [7, 11) is 0. The van der Waals surface area contributed by atoms with Crippen molar-refractivity contribution in [1.82, 2.24) is 9.97 Å². The van der Waals surface area contributed by atoms with Crippen molar-refractivity contribution >= 4 is 51.6 Å². The van der Waals surface area contributed by atoms with Crippen LogP contribution in [0.1, 0.15) is 12.6 Å². The summed E-state index contributed by atoms with van der Waals surface area (Å²) in [5.41, 5.74) is 1.79. The van der Waals surface area contributed by atoms with E-state index in [-0.39, 0.29) is 0 Å². The lowest BCUT2D eigenvalue weighted by Crippen LogP contribution is -2.06. The van der Waals surface area contributed by atoms with E-state index in [9.17, 15) is 0 Å². The van der Waals surface area contributed by atoms with Crippen molar-refractivity contribution in [2.24, 2.45) is 0 Å². The molecule has 0 unspecified atom stereocenters. The third-order valence-electron chi connectivity index (χ3n) is 2.54. The monoisotopic (exact) mass is 407 g/mol. The van der Waals surface area contributed by atoms with E-state index in [4.69, 9.17) is 23.2 Å². The van der Waals surface area contributed by atoms with Gasteiger partial charge in [-0.05, 0) is 54.6 Å². The van der Waals surface area contributed by atoms with Crippen LogP contribution in [0, 0.1) is 10.5 Å². The molecule has 1 heterocycles. The van der Waals surface area contributed by atoms with Gasteiger partial charge >= 0.3 is 0 Å². The van der Waals surface area contributed by atoms with Crippen LogP contribution in [-0.4, -0.2) is 16.5 Å². The summed E-state index contributed by atoms with van der Waals surface area (Å²) in [6.45, 7) is 4.81. The number of benzene rings is 1. The lowest BCUT2D eigenvalue weighted by molar-refractivity contribution is 1.06. The molecule has 0 radical (unpaired) electrons. The van der Waals surface area contributed by atoms with E-state index in [1.807, 2.05) is 19.9 Å². The van der Waals surface area contributed by atoms with Crippen molar-refractivity contribution in [2.45, 2.75) is 13.8 Å². The molecule has 2 rings (SSSR count). The zero-order chi connectivity index (χ0) is 14.0. The van der Waals surface area contributed by atoms with E-state index >= 15 is 0 Å². The standard InChI is InChI=1S/C13H12Cl2IN3/c1-3-17-13-11(16)7(2)18-12(19-13)8-4-5-9(14)10(15)6-8/h4-6H,3H2,1-2H3,(H,17,18,19). The highest BCUT2D eigenvalue weighted by atomic mass is 127. The van der Waals surface area contributed by atoms with Gasteiger partial charge in [0.1, 0.15) is 5.82 Å². The summed E-state index contributed by atoms with van der Waals surface area (Å²) >= 11 is 14.2. The van der Waals surface area contributed by atoms with Gasteiger partial charge in [0.25, 0.3) is 0 Å². The molecule has 0 saturated carbocycles. The zero-order valence-electron chi connectivity index (χ0n) is 10.5. The highest BCUT2D eigenvalue weighted by Crippen LogP contribution is 2.29. The number of aryl methyl sites for hydroxylation is 1. The number of rotatable bonds is 3. The van der Waals surface area contributed by atoms with E-state index in [0.717, 1.165) is 27.2 Å². The molecule has 0 fully saturated rings. The molecule has 100 valence electrons. The second-order valence-electron chi connectivity index (χ2n) is 3.95. The van der Waals surface area contributed by atoms with Crippen molar-refractivity contribution in [2.75, 3.05) is 11.9 Å². The molecule has 1 N–H and O–H groups in total. The molecule has 0 aliphatic carbocycles. The molecule has 19 heavy (non-hydrogen) atoms. The first-order valence-electron chi connectivity index (χ1n) is 5.76. The predicted molar refractivity (Wildman–Crippen MR) is 89.1 cm³/mol. The van der Waals surface area contributed by atoms with E-state index < -0.39 is 0 Å². The molecule has 0 bridgehead atoms. The van der Waals surface area contributed by atoms with Gasteiger partial charge in [-0.1, -0.05) is 23.2 Å². The maximum Gasteiger partial charge on any atom is 0.161 e. The van der Waals surface area contributed by atoms with Gasteiger partial charge in [-0.3, -0.25) is 0 Å². The number of hydrogen-bond acceptors (Lipinski definition) is 3. The van der Waals surface area contributed by atoms with E-state index in [2.05, 4.69) is 37.9 Å². The van der Waals surface area contributed by atoms with Crippen LogP contribution in [-0.2, 0) is 0 Å². The minimum Gasteiger partial charge on any atom is -0.369 e. The molecule has 0 atom stereocenters. The van der Waals surface area contributed by atoms with Crippen LogP contribution in [0.5, 0.6) is 0 Å². The van der Waals surface area contributed by atoms with Gasteiger partial charge in [0.05, 0.1) is 19.3 Å². The van der Waals surface area contributed by atoms with Crippen LogP contribution in [0.15, 0.2) is 18.2 Å². The summed E-state index contributed by atoms with van der Waals surface area (Å²) in [4.78, 5) is 9.03. The number of nitrogens with one attached hydrogen (secondary N) is 1. The molecule has 1 aromatic carbocycles. The van der Waals surface area contributed by atoms with Crippen molar-refractivity contribution in [3.05, 3.63) is 37.5 Å². The first kappa shape index (κ1) is 14.8. The van der Waals surface area contributed by atoms with Crippen molar-refractivity contribution in [3.8, 4) is 11.4 Å². The van der Waals surface area contributed by atoms with Crippen LogP contribution in [0.2, 0.25) is 10.0 Å². The fourth-order valence-corrected chi connectivity index (χ4v) is 2.34. The first-order valence-corrected chi connectivity index (χ1v) is 7.59. The van der Waals surface area contributed by atoms with E-state index in [1.165, 1.54) is 0 Å². The molecule has 2 aromatic rings. The maximum atomic E-state index is 6.03. The lowest BCUT2D eigenvalue weighted by Gasteiger charge is -2.10. The minimum atomic E-state index is 0.504. The fourth-order valence-electron chi connectivity index (χ4n) is 1.61. The van der Waals surface area contributed by atoms with Gasteiger partial charge in [0.15, 0.2) is 5.82 Å². The molecule has 0 aliphatic heterocycles. The predicted octanol–water partition coefficient (Wildman–Crippen LogP) is 4.80. The number of hydrogen-bond donors (Lipinski definition) is 1. The average Bonchev–Trinajstić information content (AvgIpc) is 2.38. The zero-order valence-corrected chi connectivity index (χ0v) is 14.1. The summed E-state index contributed by atoms with van der Waals surface area (Å²) < 4.78 is 1.03. The van der Waals surface area contributed by atoms with Crippen molar-refractivity contribution in [3.63, 3.8) is 0 Å². The quantitative estimate of drug-likeness (QED) is 0.743. The minimum absolute atomic E-state index is 0.504. The Kier molecular flexibility index (Phi) is 4.86. The summed E-state index contributed by atoms with van der Waals surface area (Å²) in [6, 6.07) is 5.40. The maximum absolute atomic E-state index is 6.03. The van der Waals surface area contributed by atoms with Crippen LogP contribution < -0.4 is 5.32 Å². The Bertz CT molecular complexity index is 617. The normalized spacial score (nSPS) is 10.6. The third kappa shape index (κ3) is 3.30. The van der Waals surface area contributed by atoms with Crippen LogP contribution >= 0.6 is 45.8 Å². The smallest absolute Gasteiger partial charge is 0.161 e. The summed E-state index contributed by atoms with van der Waals surface area (Å²) in [5.74, 6) is 1.49. The molecule has 0 amide bonds. The molecule has 3 nitrogen and oxygen atoms in total. The number of anilines is 1. The topological polar surface area (TPSA) is 37.8 Å². The van der Waals surface area contributed by atoms with Gasteiger partial charge < -0.3 is 5.32 Å². The third-order valence-corrected chi connectivity index (χ3v) is 4.57. The Labute approximate surface area is 135 Å². The fraction of sp³-hybridized carbons (Fsp3) is 0.231. The molecule has 1 aromatic heterocycles.